The van der Waals surface area contributed by atoms with E-state index in [9.17, 15) is 14.7 Å². The largest absolute Gasteiger partial charge is 0.467 e. The lowest BCUT2D eigenvalue weighted by atomic mass is 9.87. The number of carbonyl (C=O) groups is 2. The molecule has 0 bridgehead atoms. The molecule has 31 heavy (non-hydrogen) atoms. The van der Waals surface area contributed by atoms with E-state index in [1.165, 1.54) is 34.1 Å². The Morgan fingerprint density at radius 1 is 1.45 bits per heavy atom. The van der Waals surface area contributed by atoms with E-state index in [2.05, 4.69) is 6.58 Å². The molecular formula is C22H29NO6S2. The molecule has 0 saturated carbocycles. The quantitative estimate of drug-likeness (QED) is 0.186. The van der Waals surface area contributed by atoms with Gasteiger partial charge in [0, 0.05) is 16.2 Å². The Balaban J connectivity index is 1.82. The zero-order chi connectivity index (χ0) is 22.8. The SMILES string of the molecule is C=CCOC(=O)[C@@H]1N2C(=O)[C@@H]([C@H](O)/C(=C\c3cccs3)OC(C)OCC)[C@H]2SC1(C)C. The topological polar surface area (TPSA) is 85.3 Å². The lowest BCUT2D eigenvalue weighted by Crippen LogP contribution is -2.65. The van der Waals surface area contributed by atoms with Crippen LogP contribution in [0.4, 0.5) is 0 Å². The minimum atomic E-state index is -1.16. The van der Waals surface area contributed by atoms with Crippen molar-refractivity contribution in [2.24, 2.45) is 5.92 Å². The molecule has 0 radical (unpaired) electrons. The van der Waals surface area contributed by atoms with Crippen LogP contribution in [0, 0.1) is 5.92 Å². The summed E-state index contributed by atoms with van der Waals surface area (Å²) in [7, 11) is 0. The van der Waals surface area contributed by atoms with Crippen LogP contribution in [0.15, 0.2) is 35.9 Å². The molecule has 170 valence electrons. The summed E-state index contributed by atoms with van der Waals surface area (Å²) in [6.45, 7) is 11.5. The van der Waals surface area contributed by atoms with Gasteiger partial charge in [0.05, 0.1) is 5.37 Å². The van der Waals surface area contributed by atoms with E-state index in [0.29, 0.717) is 6.61 Å². The number of hydrogen-bond acceptors (Lipinski definition) is 8. The number of rotatable bonds is 10. The minimum Gasteiger partial charge on any atom is -0.467 e. The van der Waals surface area contributed by atoms with Gasteiger partial charge in [-0.3, -0.25) is 4.79 Å². The Kier molecular flexibility index (Phi) is 7.51. The predicted molar refractivity (Wildman–Crippen MR) is 121 cm³/mol. The first-order chi connectivity index (χ1) is 14.7. The molecule has 2 aliphatic heterocycles. The molecule has 1 unspecified atom stereocenters. The molecule has 1 N–H and O–H groups in total. The fraction of sp³-hybridized carbons (Fsp3) is 0.545. The molecule has 2 aliphatic rings. The first-order valence-corrected chi connectivity index (χ1v) is 12.0. The molecule has 1 amide bonds. The molecule has 3 heterocycles. The fourth-order valence-electron chi connectivity index (χ4n) is 3.87. The first-order valence-electron chi connectivity index (χ1n) is 10.2. The van der Waals surface area contributed by atoms with E-state index in [1.54, 1.807) is 13.0 Å². The van der Waals surface area contributed by atoms with Crippen LogP contribution in [0.25, 0.3) is 6.08 Å². The molecule has 3 rings (SSSR count). The van der Waals surface area contributed by atoms with Gasteiger partial charge in [-0.25, -0.2) is 4.79 Å². The molecule has 0 spiro atoms. The van der Waals surface area contributed by atoms with Crippen molar-refractivity contribution in [1.29, 1.82) is 0 Å². The van der Waals surface area contributed by atoms with Crippen LogP contribution in [-0.4, -0.2) is 63.7 Å². The normalized spacial score (nSPS) is 26.6. The number of ether oxygens (including phenoxy) is 3. The van der Waals surface area contributed by atoms with E-state index in [0.717, 1.165) is 4.88 Å². The number of esters is 1. The summed E-state index contributed by atoms with van der Waals surface area (Å²) in [6, 6.07) is 3.09. The smallest absolute Gasteiger partial charge is 0.330 e. The van der Waals surface area contributed by atoms with Gasteiger partial charge >= 0.3 is 5.97 Å². The minimum absolute atomic E-state index is 0.0890. The molecule has 7 nitrogen and oxygen atoms in total. The Morgan fingerprint density at radius 2 is 2.19 bits per heavy atom. The van der Waals surface area contributed by atoms with Crippen LogP contribution in [0.5, 0.6) is 0 Å². The first kappa shape index (κ1) is 23.8. The van der Waals surface area contributed by atoms with Gasteiger partial charge in [0.2, 0.25) is 5.91 Å². The fourth-order valence-corrected chi connectivity index (χ4v) is 6.24. The standard InChI is InChI=1S/C22H29NO6S2/c1-6-10-28-21(26)18-22(4,5)31-20-16(19(25)23(18)20)17(24)15(29-13(3)27-7-2)12-14-9-8-11-30-14/h6,8-9,11-13,16-18,20,24H,1,7,10H2,2-5H3/b15-12+/t13?,16-,17-,18+,20-/m1/s1. The molecule has 0 aromatic carbocycles. The van der Waals surface area contributed by atoms with Crippen LogP contribution in [0.1, 0.15) is 32.6 Å². The van der Waals surface area contributed by atoms with Gasteiger partial charge in [0.25, 0.3) is 0 Å². The summed E-state index contributed by atoms with van der Waals surface area (Å²) < 4.78 is 16.0. The van der Waals surface area contributed by atoms with Crippen molar-refractivity contribution in [1.82, 2.24) is 4.90 Å². The van der Waals surface area contributed by atoms with Crippen molar-refractivity contribution in [2.45, 2.75) is 56.3 Å². The third-order valence-corrected chi connectivity index (χ3v) is 7.62. The van der Waals surface area contributed by atoms with Gasteiger partial charge < -0.3 is 24.2 Å². The number of thiophene rings is 1. The van der Waals surface area contributed by atoms with E-state index in [-0.39, 0.29) is 23.6 Å². The van der Waals surface area contributed by atoms with Gasteiger partial charge in [0.15, 0.2) is 6.29 Å². The number of thioether (sulfide) groups is 1. The lowest BCUT2D eigenvalue weighted by molar-refractivity contribution is -0.173. The van der Waals surface area contributed by atoms with Gasteiger partial charge in [0.1, 0.15) is 30.4 Å². The van der Waals surface area contributed by atoms with E-state index in [1.807, 2.05) is 38.3 Å². The maximum Gasteiger partial charge on any atom is 0.330 e. The molecule has 2 saturated heterocycles. The van der Waals surface area contributed by atoms with Crippen molar-refractivity contribution in [3.63, 3.8) is 0 Å². The maximum atomic E-state index is 13.1. The van der Waals surface area contributed by atoms with Crippen molar-refractivity contribution < 1.29 is 28.9 Å². The predicted octanol–water partition coefficient (Wildman–Crippen LogP) is 3.26. The Hall–Kier alpha value is -1.81. The summed E-state index contributed by atoms with van der Waals surface area (Å²) in [5.41, 5.74) is 0. The van der Waals surface area contributed by atoms with Gasteiger partial charge in [-0.15, -0.1) is 23.1 Å². The Bertz CT molecular complexity index is 837. The van der Waals surface area contributed by atoms with Gasteiger partial charge in [-0.1, -0.05) is 18.7 Å². The Morgan fingerprint density at radius 3 is 2.81 bits per heavy atom. The second kappa shape index (κ2) is 9.77. The summed E-state index contributed by atoms with van der Waals surface area (Å²) in [5, 5.41) is 12.7. The van der Waals surface area contributed by atoms with Crippen molar-refractivity contribution >= 4 is 41.1 Å². The number of carbonyl (C=O) groups excluding carboxylic acids is 2. The van der Waals surface area contributed by atoms with E-state index >= 15 is 0 Å². The molecule has 0 aliphatic carbocycles. The second-order valence-electron chi connectivity index (χ2n) is 7.85. The molecule has 1 aromatic heterocycles. The van der Waals surface area contributed by atoms with Crippen LogP contribution in [-0.2, 0) is 23.8 Å². The number of aliphatic hydroxyl groups excluding tert-OH is 1. The molecular weight excluding hydrogens is 438 g/mol. The average molecular weight is 468 g/mol. The molecule has 1 aromatic rings. The number of fused-ring (bicyclic) bond motifs is 1. The van der Waals surface area contributed by atoms with Crippen molar-refractivity contribution in [3.8, 4) is 0 Å². The van der Waals surface area contributed by atoms with Crippen molar-refractivity contribution in [2.75, 3.05) is 13.2 Å². The van der Waals surface area contributed by atoms with Gasteiger partial charge in [-0.05, 0) is 45.2 Å². The van der Waals surface area contributed by atoms with Crippen LogP contribution < -0.4 is 0 Å². The zero-order valence-corrected chi connectivity index (χ0v) is 19.8. The molecule has 5 atom stereocenters. The monoisotopic (exact) mass is 467 g/mol. The third-order valence-electron chi connectivity index (χ3n) is 5.21. The highest BCUT2D eigenvalue weighted by molar-refractivity contribution is 8.01. The second-order valence-corrected chi connectivity index (χ2v) is 10.6. The Labute approximate surface area is 191 Å². The number of nitrogens with zero attached hydrogens (tertiary/aromatic N) is 1. The van der Waals surface area contributed by atoms with Crippen molar-refractivity contribution in [3.05, 3.63) is 40.8 Å². The summed E-state index contributed by atoms with van der Waals surface area (Å²) in [4.78, 5) is 28.1. The zero-order valence-electron chi connectivity index (χ0n) is 18.1. The third kappa shape index (κ3) is 4.84. The van der Waals surface area contributed by atoms with Crippen LogP contribution in [0.2, 0.25) is 0 Å². The van der Waals surface area contributed by atoms with Crippen LogP contribution in [0.3, 0.4) is 0 Å². The van der Waals surface area contributed by atoms with Crippen LogP contribution >= 0.6 is 23.1 Å². The maximum absolute atomic E-state index is 13.1. The average Bonchev–Trinajstić information content (AvgIpc) is 3.29. The highest BCUT2D eigenvalue weighted by Gasteiger charge is 2.66. The molecule has 9 heteroatoms. The number of β-lactam (4-membered cyclic amide) rings is 1. The summed E-state index contributed by atoms with van der Waals surface area (Å²) >= 11 is 2.99. The lowest BCUT2D eigenvalue weighted by Gasteiger charge is -2.46. The number of aliphatic hydroxyl groups is 1. The number of amides is 1. The van der Waals surface area contributed by atoms with E-state index < -0.39 is 35.1 Å². The van der Waals surface area contributed by atoms with Gasteiger partial charge in [-0.2, -0.15) is 0 Å². The van der Waals surface area contributed by atoms with E-state index in [4.69, 9.17) is 14.2 Å². The summed E-state index contributed by atoms with van der Waals surface area (Å²) in [5.74, 6) is -1.20. The highest BCUT2D eigenvalue weighted by atomic mass is 32.2. The molecule has 2 fully saturated rings. The number of hydrogen-bond donors (Lipinski definition) is 1. The summed E-state index contributed by atoms with van der Waals surface area (Å²) in [6.07, 6.45) is 1.49. The highest BCUT2D eigenvalue weighted by Crippen LogP contribution is 2.55.